The molecular weight excluding hydrogens is 330 g/mol. The summed E-state index contributed by atoms with van der Waals surface area (Å²) in [6, 6.07) is 11.1. The van der Waals surface area contributed by atoms with Crippen molar-refractivity contribution in [2.45, 2.75) is 4.90 Å². The Labute approximate surface area is 139 Å². The van der Waals surface area contributed by atoms with Crippen molar-refractivity contribution in [3.63, 3.8) is 0 Å². The highest BCUT2D eigenvalue weighted by Crippen LogP contribution is 2.36. The number of fused-ring (bicyclic) bond motifs is 1. The number of hydrogen-bond donors (Lipinski definition) is 1. The van der Waals surface area contributed by atoms with Crippen LogP contribution in [-0.2, 0) is 9.84 Å². The fourth-order valence-electron chi connectivity index (χ4n) is 2.47. The molecule has 3 rings (SSSR count). The molecule has 0 atom stereocenters. The van der Waals surface area contributed by atoms with Crippen LogP contribution in [0, 0.1) is 0 Å². The van der Waals surface area contributed by atoms with Gasteiger partial charge in [-0.05, 0) is 24.3 Å². The Bertz CT molecular complexity index is 933. The molecule has 0 saturated carbocycles. The molecule has 0 saturated heterocycles. The molecule has 7 heteroatoms. The monoisotopic (exact) mass is 345 g/mol. The number of nitrogens with one attached hydrogen (secondary N) is 1. The molecule has 0 radical (unpaired) electrons. The minimum Gasteiger partial charge on any atom is -0.493 e. The fourth-order valence-corrected chi connectivity index (χ4v) is 3.64. The van der Waals surface area contributed by atoms with E-state index in [0.717, 1.165) is 5.41 Å². The second-order valence-corrected chi connectivity index (χ2v) is 6.89. The van der Waals surface area contributed by atoms with Gasteiger partial charge in [-0.25, -0.2) is 8.42 Å². The number of carbonyl (C=O) groups excluding carboxylic acids is 1. The van der Waals surface area contributed by atoms with Crippen molar-refractivity contribution in [3.8, 4) is 11.5 Å². The van der Waals surface area contributed by atoms with Crippen LogP contribution >= 0.6 is 0 Å². The predicted octanol–water partition coefficient (Wildman–Crippen LogP) is 2.22. The maximum atomic E-state index is 12.5. The topological polar surface area (TPSA) is 81.7 Å². The van der Waals surface area contributed by atoms with Gasteiger partial charge in [0.05, 0.1) is 35.8 Å². The molecule has 0 spiro atoms. The van der Waals surface area contributed by atoms with Crippen molar-refractivity contribution in [1.82, 2.24) is 5.32 Å². The normalized spacial score (nSPS) is 15.1. The lowest BCUT2D eigenvalue weighted by Gasteiger charge is -2.09. The van der Waals surface area contributed by atoms with Crippen molar-refractivity contribution in [2.75, 3.05) is 14.2 Å². The molecule has 1 aliphatic rings. The SMILES string of the molecule is COc1cc2c(cc1OC)/C(=C\S(=O)(=O)c1ccccc1)NC2=O. The van der Waals surface area contributed by atoms with Crippen LogP contribution in [0.1, 0.15) is 15.9 Å². The van der Waals surface area contributed by atoms with Gasteiger partial charge in [0.25, 0.3) is 5.91 Å². The summed E-state index contributed by atoms with van der Waals surface area (Å²) < 4.78 is 35.4. The van der Waals surface area contributed by atoms with Gasteiger partial charge in [-0.15, -0.1) is 0 Å². The van der Waals surface area contributed by atoms with Crippen molar-refractivity contribution in [1.29, 1.82) is 0 Å². The van der Waals surface area contributed by atoms with Gasteiger partial charge < -0.3 is 14.8 Å². The van der Waals surface area contributed by atoms with Crippen molar-refractivity contribution < 1.29 is 22.7 Å². The lowest BCUT2D eigenvalue weighted by molar-refractivity contribution is 0.0980. The number of carbonyl (C=O) groups is 1. The Morgan fingerprint density at radius 2 is 1.54 bits per heavy atom. The first-order valence-corrected chi connectivity index (χ1v) is 8.60. The minimum atomic E-state index is -3.69. The van der Waals surface area contributed by atoms with Gasteiger partial charge in [0.1, 0.15) is 0 Å². The maximum Gasteiger partial charge on any atom is 0.256 e. The molecule has 124 valence electrons. The molecule has 6 nitrogen and oxygen atoms in total. The first-order chi connectivity index (χ1) is 11.5. The van der Waals surface area contributed by atoms with E-state index in [1.807, 2.05) is 0 Å². The Morgan fingerprint density at radius 1 is 0.958 bits per heavy atom. The summed E-state index contributed by atoms with van der Waals surface area (Å²) in [5.74, 6) is 0.426. The Hall–Kier alpha value is -2.80. The second-order valence-electron chi connectivity index (χ2n) is 5.10. The van der Waals surface area contributed by atoms with Crippen LogP contribution < -0.4 is 14.8 Å². The number of rotatable bonds is 4. The van der Waals surface area contributed by atoms with E-state index in [1.165, 1.54) is 32.4 Å². The Morgan fingerprint density at radius 3 is 2.12 bits per heavy atom. The first-order valence-electron chi connectivity index (χ1n) is 7.06. The summed E-state index contributed by atoms with van der Waals surface area (Å²) in [5, 5.41) is 3.63. The third kappa shape index (κ3) is 2.74. The number of amides is 1. The summed E-state index contributed by atoms with van der Waals surface area (Å²) in [7, 11) is -0.757. The van der Waals surface area contributed by atoms with Crippen LogP contribution in [0.2, 0.25) is 0 Å². The van der Waals surface area contributed by atoms with Gasteiger partial charge in [0, 0.05) is 5.56 Å². The van der Waals surface area contributed by atoms with E-state index in [0.29, 0.717) is 22.6 Å². The molecule has 24 heavy (non-hydrogen) atoms. The molecule has 0 aliphatic carbocycles. The number of sulfone groups is 1. The first kappa shape index (κ1) is 16.1. The number of benzene rings is 2. The van der Waals surface area contributed by atoms with Crippen molar-refractivity contribution >= 4 is 21.4 Å². The number of methoxy groups -OCH3 is 2. The van der Waals surface area contributed by atoms with Crippen LogP contribution in [0.3, 0.4) is 0 Å². The van der Waals surface area contributed by atoms with E-state index in [1.54, 1.807) is 24.3 Å². The quantitative estimate of drug-likeness (QED) is 0.919. The van der Waals surface area contributed by atoms with Crippen LogP contribution in [0.25, 0.3) is 5.70 Å². The Balaban J connectivity index is 2.12. The lowest BCUT2D eigenvalue weighted by Crippen LogP contribution is -2.13. The van der Waals surface area contributed by atoms with E-state index in [4.69, 9.17) is 9.47 Å². The average molecular weight is 345 g/mol. The lowest BCUT2D eigenvalue weighted by atomic mass is 10.1. The zero-order valence-electron chi connectivity index (χ0n) is 13.1. The molecule has 2 aromatic rings. The highest BCUT2D eigenvalue weighted by atomic mass is 32.2. The summed E-state index contributed by atoms with van der Waals surface area (Å²) >= 11 is 0. The number of ether oxygens (including phenoxy) is 2. The van der Waals surface area contributed by atoms with Gasteiger partial charge in [-0.2, -0.15) is 0 Å². The minimum absolute atomic E-state index is 0.153. The van der Waals surface area contributed by atoms with Gasteiger partial charge in [-0.1, -0.05) is 18.2 Å². The predicted molar refractivity (Wildman–Crippen MR) is 88.6 cm³/mol. The van der Waals surface area contributed by atoms with Crippen LogP contribution in [0.4, 0.5) is 0 Å². The van der Waals surface area contributed by atoms with E-state index in [2.05, 4.69) is 5.32 Å². The zero-order chi connectivity index (χ0) is 17.3. The van der Waals surface area contributed by atoms with Gasteiger partial charge >= 0.3 is 0 Å². The van der Waals surface area contributed by atoms with Crippen molar-refractivity contribution in [2.24, 2.45) is 0 Å². The Kier molecular flexibility index (Phi) is 4.02. The molecule has 1 amide bonds. The summed E-state index contributed by atoms with van der Waals surface area (Å²) in [5.41, 5.74) is 0.999. The van der Waals surface area contributed by atoms with Crippen LogP contribution in [0.15, 0.2) is 52.8 Å². The molecule has 1 N–H and O–H groups in total. The molecule has 0 aromatic heterocycles. The summed E-state index contributed by atoms with van der Waals surface area (Å²) in [6.07, 6.45) is 0. The highest BCUT2D eigenvalue weighted by Gasteiger charge is 2.28. The molecule has 0 fully saturated rings. The van der Waals surface area contributed by atoms with Crippen LogP contribution in [-0.4, -0.2) is 28.5 Å². The van der Waals surface area contributed by atoms with Crippen LogP contribution in [0.5, 0.6) is 11.5 Å². The van der Waals surface area contributed by atoms with Gasteiger partial charge in [0.15, 0.2) is 11.5 Å². The van der Waals surface area contributed by atoms with Crippen molar-refractivity contribution in [3.05, 3.63) is 59.0 Å². The van der Waals surface area contributed by atoms with Gasteiger partial charge in [-0.3, -0.25) is 4.79 Å². The zero-order valence-corrected chi connectivity index (χ0v) is 13.9. The van der Waals surface area contributed by atoms with E-state index >= 15 is 0 Å². The molecule has 2 aromatic carbocycles. The van der Waals surface area contributed by atoms with E-state index in [-0.39, 0.29) is 16.5 Å². The highest BCUT2D eigenvalue weighted by molar-refractivity contribution is 7.94. The third-order valence-corrected chi connectivity index (χ3v) is 5.13. The van der Waals surface area contributed by atoms with Gasteiger partial charge in [0.2, 0.25) is 9.84 Å². The maximum absolute atomic E-state index is 12.5. The standard InChI is InChI=1S/C17H15NO5S/c1-22-15-8-12-13(9-16(15)23-2)17(19)18-14(12)10-24(20,21)11-6-4-3-5-7-11/h3-10H,1-2H3,(H,18,19)/b14-10+. The third-order valence-electron chi connectivity index (χ3n) is 3.65. The van der Waals surface area contributed by atoms with E-state index in [9.17, 15) is 13.2 Å². The molecule has 1 heterocycles. The second kappa shape index (κ2) is 6.01. The fraction of sp³-hybridized carbons (Fsp3) is 0.118. The molecule has 0 bridgehead atoms. The smallest absolute Gasteiger partial charge is 0.256 e. The average Bonchev–Trinajstić information content (AvgIpc) is 2.89. The molecule has 0 unspecified atom stereocenters. The number of hydrogen-bond acceptors (Lipinski definition) is 5. The molecule has 1 aliphatic heterocycles. The molecular formula is C17H15NO5S. The summed E-state index contributed by atoms with van der Waals surface area (Å²) in [6.45, 7) is 0. The summed E-state index contributed by atoms with van der Waals surface area (Å²) in [4.78, 5) is 12.3. The van der Waals surface area contributed by atoms with E-state index < -0.39 is 9.84 Å². The largest absolute Gasteiger partial charge is 0.493 e.